The maximum absolute atomic E-state index is 5.33. The van der Waals surface area contributed by atoms with Crippen LogP contribution in [0.2, 0.25) is 0 Å². The van der Waals surface area contributed by atoms with Crippen LogP contribution in [0.1, 0.15) is 13.8 Å². The number of hydrogen-bond acceptors (Lipinski definition) is 7. The predicted octanol–water partition coefficient (Wildman–Crippen LogP) is 0.684. The molecule has 1 aliphatic rings. The van der Waals surface area contributed by atoms with Crippen LogP contribution in [0.4, 0.5) is 11.8 Å². The van der Waals surface area contributed by atoms with Gasteiger partial charge in [0.1, 0.15) is 0 Å². The van der Waals surface area contributed by atoms with Crippen LogP contribution in [-0.4, -0.2) is 66.0 Å². The standard InChI is InChI=1S/C13H24N6O/c1-11(2)9-15-13-17-12(10-16-18-13)14-3-4-19-5-7-20-8-6-19/h10-11H,3-9H2,1-2H3,(H2,14,15,17,18). The zero-order chi connectivity index (χ0) is 14.2. The van der Waals surface area contributed by atoms with Gasteiger partial charge in [-0.2, -0.15) is 10.1 Å². The van der Waals surface area contributed by atoms with Crippen molar-refractivity contribution in [2.45, 2.75) is 13.8 Å². The summed E-state index contributed by atoms with van der Waals surface area (Å²) in [4.78, 5) is 6.77. The molecule has 0 unspecified atom stereocenters. The Labute approximate surface area is 120 Å². The quantitative estimate of drug-likeness (QED) is 0.761. The fraction of sp³-hybridized carbons (Fsp3) is 0.769. The molecule has 1 aliphatic heterocycles. The Balaban J connectivity index is 1.73. The smallest absolute Gasteiger partial charge is 0.244 e. The molecule has 20 heavy (non-hydrogen) atoms. The molecule has 2 heterocycles. The minimum absolute atomic E-state index is 0.552. The summed E-state index contributed by atoms with van der Waals surface area (Å²) in [5, 5.41) is 14.4. The van der Waals surface area contributed by atoms with E-state index in [-0.39, 0.29) is 0 Å². The maximum Gasteiger partial charge on any atom is 0.244 e. The van der Waals surface area contributed by atoms with E-state index in [0.29, 0.717) is 11.9 Å². The van der Waals surface area contributed by atoms with Crippen molar-refractivity contribution < 1.29 is 4.74 Å². The van der Waals surface area contributed by atoms with Crippen LogP contribution >= 0.6 is 0 Å². The molecule has 112 valence electrons. The van der Waals surface area contributed by atoms with Crippen molar-refractivity contribution in [3.05, 3.63) is 6.20 Å². The molecular weight excluding hydrogens is 256 g/mol. The molecule has 0 bridgehead atoms. The molecule has 2 N–H and O–H groups in total. The van der Waals surface area contributed by atoms with E-state index in [1.54, 1.807) is 6.20 Å². The summed E-state index contributed by atoms with van der Waals surface area (Å²) in [7, 11) is 0. The highest BCUT2D eigenvalue weighted by Crippen LogP contribution is 2.04. The lowest BCUT2D eigenvalue weighted by atomic mass is 10.2. The zero-order valence-corrected chi connectivity index (χ0v) is 12.3. The maximum atomic E-state index is 5.33. The summed E-state index contributed by atoms with van der Waals surface area (Å²) in [6.07, 6.45) is 1.65. The lowest BCUT2D eigenvalue weighted by Gasteiger charge is -2.26. The molecule has 0 aromatic carbocycles. The number of anilines is 2. The predicted molar refractivity (Wildman–Crippen MR) is 78.9 cm³/mol. The van der Waals surface area contributed by atoms with E-state index in [2.05, 4.69) is 44.6 Å². The SMILES string of the molecule is CC(C)CNc1nncc(NCCN2CCOCC2)n1. The van der Waals surface area contributed by atoms with Gasteiger partial charge in [-0.1, -0.05) is 13.8 Å². The van der Waals surface area contributed by atoms with Gasteiger partial charge in [0.2, 0.25) is 5.95 Å². The van der Waals surface area contributed by atoms with Crippen LogP contribution in [0.15, 0.2) is 6.20 Å². The first kappa shape index (κ1) is 14.9. The zero-order valence-electron chi connectivity index (χ0n) is 12.3. The Morgan fingerprint density at radius 1 is 1.30 bits per heavy atom. The molecule has 0 saturated carbocycles. The fourth-order valence-corrected chi connectivity index (χ4v) is 1.93. The number of ether oxygens (including phenoxy) is 1. The van der Waals surface area contributed by atoms with Crippen molar-refractivity contribution >= 4 is 11.8 Å². The number of rotatable bonds is 7. The molecule has 1 saturated heterocycles. The Bertz CT molecular complexity index is 394. The second-order valence-electron chi connectivity index (χ2n) is 5.32. The minimum atomic E-state index is 0.552. The molecule has 1 aromatic rings. The van der Waals surface area contributed by atoms with Gasteiger partial charge in [-0.25, -0.2) is 0 Å². The number of aromatic nitrogens is 3. The molecule has 7 nitrogen and oxygen atoms in total. The van der Waals surface area contributed by atoms with Crippen molar-refractivity contribution in [1.29, 1.82) is 0 Å². The van der Waals surface area contributed by atoms with E-state index in [0.717, 1.165) is 51.8 Å². The lowest BCUT2D eigenvalue weighted by molar-refractivity contribution is 0.0398. The van der Waals surface area contributed by atoms with Crippen LogP contribution in [0, 0.1) is 5.92 Å². The Hall–Kier alpha value is -1.47. The van der Waals surface area contributed by atoms with Gasteiger partial charge >= 0.3 is 0 Å². The number of nitrogens with one attached hydrogen (secondary N) is 2. The monoisotopic (exact) mass is 280 g/mol. The summed E-state index contributed by atoms with van der Waals surface area (Å²) in [6.45, 7) is 10.6. The van der Waals surface area contributed by atoms with Gasteiger partial charge in [0, 0.05) is 32.7 Å². The van der Waals surface area contributed by atoms with E-state index in [4.69, 9.17) is 4.74 Å². The molecule has 0 radical (unpaired) electrons. The number of nitrogens with zero attached hydrogens (tertiary/aromatic N) is 4. The third kappa shape index (κ3) is 5.26. The summed E-state index contributed by atoms with van der Waals surface area (Å²) in [6, 6.07) is 0. The van der Waals surface area contributed by atoms with Crippen molar-refractivity contribution in [2.24, 2.45) is 5.92 Å². The van der Waals surface area contributed by atoms with Crippen LogP contribution in [0.5, 0.6) is 0 Å². The topological polar surface area (TPSA) is 75.2 Å². The Morgan fingerprint density at radius 2 is 2.10 bits per heavy atom. The first-order chi connectivity index (χ1) is 9.74. The van der Waals surface area contributed by atoms with Gasteiger partial charge in [-0.15, -0.1) is 5.10 Å². The van der Waals surface area contributed by atoms with Crippen LogP contribution in [-0.2, 0) is 4.74 Å². The Morgan fingerprint density at radius 3 is 2.85 bits per heavy atom. The lowest BCUT2D eigenvalue weighted by Crippen LogP contribution is -2.39. The van der Waals surface area contributed by atoms with Crippen LogP contribution < -0.4 is 10.6 Å². The second-order valence-corrected chi connectivity index (χ2v) is 5.32. The van der Waals surface area contributed by atoms with E-state index >= 15 is 0 Å². The minimum Gasteiger partial charge on any atom is -0.379 e. The average Bonchev–Trinajstić information content (AvgIpc) is 2.47. The van der Waals surface area contributed by atoms with Gasteiger partial charge in [0.05, 0.1) is 19.4 Å². The van der Waals surface area contributed by atoms with Crippen molar-refractivity contribution in [3.63, 3.8) is 0 Å². The summed E-state index contributed by atoms with van der Waals surface area (Å²) >= 11 is 0. The Kier molecular flexibility index (Phi) is 5.94. The molecular formula is C13H24N6O. The van der Waals surface area contributed by atoms with E-state index in [1.807, 2.05) is 0 Å². The van der Waals surface area contributed by atoms with Crippen molar-refractivity contribution in [3.8, 4) is 0 Å². The highest BCUT2D eigenvalue weighted by atomic mass is 16.5. The largest absolute Gasteiger partial charge is 0.379 e. The summed E-state index contributed by atoms with van der Waals surface area (Å²) < 4.78 is 5.33. The number of hydrogen-bond donors (Lipinski definition) is 2. The van der Waals surface area contributed by atoms with Gasteiger partial charge in [0.25, 0.3) is 0 Å². The molecule has 0 amide bonds. The van der Waals surface area contributed by atoms with Crippen LogP contribution in [0.25, 0.3) is 0 Å². The summed E-state index contributed by atoms with van der Waals surface area (Å²) in [5.74, 6) is 1.89. The van der Waals surface area contributed by atoms with Crippen molar-refractivity contribution in [2.75, 3.05) is 56.6 Å². The van der Waals surface area contributed by atoms with Crippen molar-refractivity contribution in [1.82, 2.24) is 20.1 Å². The van der Waals surface area contributed by atoms with Gasteiger partial charge < -0.3 is 15.4 Å². The third-order valence-electron chi connectivity index (χ3n) is 3.07. The summed E-state index contributed by atoms with van der Waals surface area (Å²) in [5.41, 5.74) is 0. The van der Waals surface area contributed by atoms with Gasteiger partial charge in [-0.3, -0.25) is 4.90 Å². The average molecular weight is 280 g/mol. The first-order valence-corrected chi connectivity index (χ1v) is 7.21. The molecule has 2 rings (SSSR count). The van der Waals surface area contributed by atoms with Crippen LogP contribution in [0.3, 0.4) is 0 Å². The highest BCUT2D eigenvalue weighted by molar-refractivity contribution is 5.36. The first-order valence-electron chi connectivity index (χ1n) is 7.21. The molecule has 7 heteroatoms. The fourth-order valence-electron chi connectivity index (χ4n) is 1.93. The normalized spacial score (nSPS) is 16.4. The van der Waals surface area contributed by atoms with E-state index < -0.39 is 0 Å². The molecule has 0 atom stereocenters. The second kappa shape index (κ2) is 7.96. The van der Waals surface area contributed by atoms with Gasteiger partial charge in [0.15, 0.2) is 5.82 Å². The number of morpholine rings is 1. The highest BCUT2D eigenvalue weighted by Gasteiger charge is 2.09. The molecule has 1 fully saturated rings. The van der Waals surface area contributed by atoms with E-state index in [1.165, 1.54) is 0 Å². The van der Waals surface area contributed by atoms with E-state index in [9.17, 15) is 0 Å². The molecule has 1 aromatic heterocycles. The molecule has 0 spiro atoms. The van der Waals surface area contributed by atoms with Gasteiger partial charge in [-0.05, 0) is 5.92 Å². The molecule has 0 aliphatic carbocycles. The third-order valence-corrected chi connectivity index (χ3v) is 3.07.